The molecule has 0 aromatic heterocycles. The first-order chi connectivity index (χ1) is 8.89. The molecule has 0 heterocycles. The van der Waals surface area contributed by atoms with Gasteiger partial charge in [0.2, 0.25) is 9.19 Å². The fraction of sp³-hybridized carbons (Fsp3) is 0.462. The number of benzene rings is 1. The second-order valence-electron chi connectivity index (χ2n) is 3.89. The van der Waals surface area contributed by atoms with Crippen LogP contribution in [0.3, 0.4) is 0 Å². The molecule has 0 spiro atoms. The summed E-state index contributed by atoms with van der Waals surface area (Å²) in [6, 6.07) is 8.61. The van der Waals surface area contributed by atoms with Crippen LogP contribution in [-0.4, -0.2) is 35.4 Å². The van der Waals surface area contributed by atoms with Crippen LogP contribution in [0.5, 0.6) is 0 Å². The van der Waals surface area contributed by atoms with Gasteiger partial charge in [-0.15, -0.1) is 23.5 Å². The lowest BCUT2D eigenvalue weighted by molar-refractivity contribution is 0.100. The lowest BCUT2D eigenvalue weighted by atomic mass is 10.1. The van der Waals surface area contributed by atoms with Crippen molar-refractivity contribution in [3.05, 3.63) is 35.9 Å². The van der Waals surface area contributed by atoms with Gasteiger partial charge in [0.15, 0.2) is 9.84 Å². The summed E-state index contributed by atoms with van der Waals surface area (Å²) in [6.45, 7) is 3.72. The molecule has 1 rings (SSSR count). The molecule has 19 heavy (non-hydrogen) atoms. The molecule has 0 saturated carbocycles. The Hall–Kier alpha value is -0.460. The monoisotopic (exact) mass is 318 g/mol. The van der Waals surface area contributed by atoms with E-state index in [1.54, 1.807) is 30.3 Å². The molecule has 0 radical (unpaired) electrons. The minimum Gasteiger partial charge on any atom is -0.290 e. The van der Waals surface area contributed by atoms with Crippen LogP contribution in [0.2, 0.25) is 0 Å². The Morgan fingerprint density at radius 3 is 1.95 bits per heavy atom. The second kappa shape index (κ2) is 6.81. The Kier molecular flexibility index (Phi) is 5.95. The van der Waals surface area contributed by atoms with Crippen molar-refractivity contribution < 1.29 is 13.2 Å². The van der Waals surface area contributed by atoms with Crippen LogP contribution in [0.4, 0.5) is 0 Å². The van der Waals surface area contributed by atoms with Gasteiger partial charge in [-0.25, -0.2) is 8.42 Å². The predicted octanol–water partition coefficient (Wildman–Crippen LogP) is 3.07. The zero-order chi connectivity index (χ0) is 14.5. The van der Waals surface area contributed by atoms with E-state index in [0.717, 1.165) is 6.26 Å². The molecule has 0 fully saturated rings. The number of rotatable bonds is 7. The molecule has 3 nitrogen and oxygen atoms in total. The highest BCUT2D eigenvalue weighted by molar-refractivity contribution is 8.32. The summed E-state index contributed by atoms with van der Waals surface area (Å²) in [4.78, 5) is 12.7. The largest absolute Gasteiger partial charge is 0.290 e. The topological polar surface area (TPSA) is 51.2 Å². The van der Waals surface area contributed by atoms with E-state index in [4.69, 9.17) is 0 Å². The van der Waals surface area contributed by atoms with Gasteiger partial charge >= 0.3 is 0 Å². The Balaban J connectivity index is 3.34. The van der Waals surface area contributed by atoms with Gasteiger partial charge in [-0.05, 0) is 11.5 Å². The van der Waals surface area contributed by atoms with Gasteiger partial charge in [-0.1, -0.05) is 44.2 Å². The van der Waals surface area contributed by atoms with Crippen LogP contribution >= 0.6 is 23.5 Å². The molecule has 0 atom stereocenters. The molecule has 0 aliphatic rings. The van der Waals surface area contributed by atoms with Crippen molar-refractivity contribution in [2.24, 2.45) is 0 Å². The number of hydrogen-bond acceptors (Lipinski definition) is 5. The second-order valence-corrected chi connectivity index (χ2v) is 9.78. The normalized spacial score (nSPS) is 12.4. The van der Waals surface area contributed by atoms with Crippen molar-refractivity contribution in [1.29, 1.82) is 0 Å². The molecule has 0 aliphatic carbocycles. The molecule has 1 aromatic rings. The summed E-state index contributed by atoms with van der Waals surface area (Å²) in [7, 11) is -3.52. The standard InChI is InChI=1S/C13H18O3S3/c1-4-17-13(18-5-2,19(3,15)16)12(14)11-9-7-6-8-10-11/h6-10H,4-5H2,1-3H3. The third-order valence-corrected chi connectivity index (χ3v) is 8.57. The van der Waals surface area contributed by atoms with Gasteiger partial charge in [0, 0.05) is 11.8 Å². The van der Waals surface area contributed by atoms with Crippen LogP contribution in [-0.2, 0) is 9.84 Å². The molecule has 0 bridgehead atoms. The number of sulfone groups is 1. The molecular formula is C13H18O3S3. The Morgan fingerprint density at radius 2 is 1.58 bits per heavy atom. The minimum absolute atomic E-state index is 0.339. The van der Waals surface area contributed by atoms with Gasteiger partial charge in [0.05, 0.1) is 0 Å². The highest BCUT2D eigenvalue weighted by Gasteiger charge is 2.48. The molecule has 0 saturated heterocycles. The number of carbonyl (C=O) groups is 1. The number of carbonyl (C=O) groups excluding carboxylic acids is 1. The third-order valence-electron chi connectivity index (χ3n) is 2.47. The smallest absolute Gasteiger partial charge is 0.225 e. The molecular weight excluding hydrogens is 300 g/mol. The Morgan fingerprint density at radius 1 is 1.11 bits per heavy atom. The number of Topliss-reactive ketones (excluding diaryl/α,β-unsaturated/α-hetero) is 1. The van der Waals surface area contributed by atoms with Gasteiger partial charge < -0.3 is 0 Å². The lowest BCUT2D eigenvalue weighted by Gasteiger charge is -2.28. The summed E-state index contributed by atoms with van der Waals surface area (Å²) in [5.74, 6) is 0.798. The first kappa shape index (κ1) is 16.6. The SMILES string of the molecule is CCSC(SCC)(C(=O)c1ccccc1)S(C)(=O)=O. The summed E-state index contributed by atoms with van der Waals surface area (Å²) in [5.41, 5.74) is 0.440. The van der Waals surface area contributed by atoms with Gasteiger partial charge in [0.1, 0.15) is 0 Å². The molecule has 0 aliphatic heterocycles. The van der Waals surface area contributed by atoms with Crippen molar-refractivity contribution in [1.82, 2.24) is 0 Å². The predicted molar refractivity (Wildman–Crippen MR) is 84.6 cm³/mol. The zero-order valence-electron chi connectivity index (χ0n) is 11.3. The highest BCUT2D eigenvalue weighted by atomic mass is 32.3. The molecule has 0 N–H and O–H groups in total. The molecule has 0 amide bonds. The summed E-state index contributed by atoms with van der Waals surface area (Å²) in [6.07, 6.45) is 1.14. The van der Waals surface area contributed by atoms with Gasteiger partial charge in [-0.2, -0.15) is 0 Å². The summed E-state index contributed by atoms with van der Waals surface area (Å²) < 4.78 is 22.9. The van der Waals surface area contributed by atoms with Crippen LogP contribution in [0.1, 0.15) is 24.2 Å². The van der Waals surface area contributed by atoms with E-state index in [2.05, 4.69) is 0 Å². The zero-order valence-corrected chi connectivity index (χ0v) is 13.7. The minimum atomic E-state index is -3.52. The van der Waals surface area contributed by atoms with E-state index in [-0.39, 0.29) is 5.78 Å². The first-order valence-electron chi connectivity index (χ1n) is 5.96. The van der Waals surface area contributed by atoms with Crippen LogP contribution in [0.15, 0.2) is 30.3 Å². The molecule has 1 aromatic carbocycles. The number of thioether (sulfide) groups is 2. The van der Waals surface area contributed by atoms with Crippen LogP contribution < -0.4 is 0 Å². The van der Waals surface area contributed by atoms with Crippen molar-refractivity contribution in [3.63, 3.8) is 0 Å². The van der Waals surface area contributed by atoms with E-state index in [1.807, 2.05) is 13.8 Å². The maximum Gasteiger partial charge on any atom is 0.225 e. The van der Waals surface area contributed by atoms with Gasteiger partial charge in [-0.3, -0.25) is 4.79 Å². The molecule has 106 valence electrons. The van der Waals surface area contributed by atoms with E-state index in [1.165, 1.54) is 23.5 Å². The maximum absolute atomic E-state index is 12.7. The quantitative estimate of drug-likeness (QED) is 0.571. The van der Waals surface area contributed by atoms with E-state index in [9.17, 15) is 13.2 Å². The van der Waals surface area contributed by atoms with Crippen molar-refractivity contribution >= 4 is 39.1 Å². The van der Waals surface area contributed by atoms with E-state index >= 15 is 0 Å². The van der Waals surface area contributed by atoms with Crippen molar-refractivity contribution in [3.8, 4) is 0 Å². The molecule has 0 unspecified atom stereocenters. The average molecular weight is 318 g/mol. The van der Waals surface area contributed by atoms with Crippen molar-refractivity contribution in [2.45, 2.75) is 17.3 Å². The Labute approximate surface area is 123 Å². The summed E-state index contributed by atoms with van der Waals surface area (Å²) >= 11 is 2.37. The van der Waals surface area contributed by atoms with Gasteiger partial charge in [0.25, 0.3) is 0 Å². The van der Waals surface area contributed by atoms with Crippen molar-refractivity contribution in [2.75, 3.05) is 17.8 Å². The maximum atomic E-state index is 12.7. The average Bonchev–Trinajstić information content (AvgIpc) is 2.37. The third kappa shape index (κ3) is 3.55. The fourth-order valence-corrected chi connectivity index (χ4v) is 6.87. The van der Waals surface area contributed by atoms with E-state index in [0.29, 0.717) is 17.1 Å². The first-order valence-corrected chi connectivity index (χ1v) is 9.82. The van der Waals surface area contributed by atoms with Crippen LogP contribution in [0.25, 0.3) is 0 Å². The lowest BCUT2D eigenvalue weighted by Crippen LogP contribution is -2.40. The van der Waals surface area contributed by atoms with Crippen LogP contribution in [0, 0.1) is 0 Å². The summed E-state index contributed by atoms with van der Waals surface area (Å²) in [5, 5.41) is 0. The number of ketones is 1. The highest BCUT2D eigenvalue weighted by Crippen LogP contribution is 2.44. The molecule has 6 heteroatoms. The van der Waals surface area contributed by atoms with E-state index < -0.39 is 13.2 Å². The Bertz CT molecular complexity index is 517. The number of hydrogen-bond donors (Lipinski definition) is 0. The fourth-order valence-electron chi connectivity index (χ4n) is 1.70.